The SMILES string of the molecule is NC1=NC2(CN3CCC2CC3)n2c(nc3ccccc32)N1. The molecule has 1 aromatic carbocycles. The van der Waals surface area contributed by atoms with Crippen LogP contribution in [0.15, 0.2) is 29.3 Å². The van der Waals surface area contributed by atoms with Crippen molar-refractivity contribution < 1.29 is 0 Å². The van der Waals surface area contributed by atoms with Crippen molar-refractivity contribution in [2.75, 3.05) is 25.0 Å². The molecule has 3 fully saturated rings. The number of nitrogens with two attached hydrogens (primary N) is 1. The van der Waals surface area contributed by atoms with E-state index in [1.165, 1.54) is 25.9 Å². The summed E-state index contributed by atoms with van der Waals surface area (Å²) in [5.41, 5.74) is 7.94. The van der Waals surface area contributed by atoms with Gasteiger partial charge in [-0.25, -0.2) is 9.98 Å². The lowest BCUT2D eigenvalue weighted by Gasteiger charge is -2.53. The summed E-state index contributed by atoms with van der Waals surface area (Å²) in [5.74, 6) is 1.86. The van der Waals surface area contributed by atoms with Crippen molar-refractivity contribution in [1.29, 1.82) is 0 Å². The zero-order valence-corrected chi connectivity index (χ0v) is 11.8. The van der Waals surface area contributed by atoms with Crippen LogP contribution in [0.4, 0.5) is 5.95 Å². The molecule has 6 heteroatoms. The van der Waals surface area contributed by atoms with Crippen LogP contribution in [0.25, 0.3) is 11.0 Å². The van der Waals surface area contributed by atoms with Gasteiger partial charge >= 0.3 is 0 Å². The second-order valence-electron chi connectivity index (χ2n) is 6.31. The molecule has 3 N–H and O–H groups in total. The van der Waals surface area contributed by atoms with Crippen molar-refractivity contribution in [3.05, 3.63) is 24.3 Å². The molecule has 4 aliphatic rings. The highest BCUT2D eigenvalue weighted by Crippen LogP contribution is 2.46. The summed E-state index contributed by atoms with van der Waals surface area (Å²) < 4.78 is 2.29. The number of benzene rings is 1. The Morgan fingerprint density at radius 2 is 2.05 bits per heavy atom. The first-order valence-corrected chi connectivity index (χ1v) is 7.59. The van der Waals surface area contributed by atoms with Gasteiger partial charge in [-0.1, -0.05) is 12.1 Å². The standard InChI is InChI=1S/C15H18N6/c16-13-18-14-17-11-3-1-2-4-12(11)21(14)15(19-13)9-20-7-5-10(15)6-8-20/h1-4,10H,5-9H2,(H3,16,17,18,19). The van der Waals surface area contributed by atoms with Gasteiger partial charge in [0.25, 0.3) is 0 Å². The van der Waals surface area contributed by atoms with E-state index in [0.717, 1.165) is 23.5 Å². The largest absolute Gasteiger partial charge is 0.370 e. The molecule has 6 rings (SSSR count). The van der Waals surface area contributed by atoms with Crippen LogP contribution in [0.3, 0.4) is 0 Å². The molecule has 21 heavy (non-hydrogen) atoms. The predicted octanol–water partition coefficient (Wildman–Crippen LogP) is 1.15. The highest BCUT2D eigenvalue weighted by atomic mass is 15.4. The number of piperidine rings is 3. The molecule has 1 spiro atoms. The summed E-state index contributed by atoms with van der Waals surface area (Å²) in [7, 11) is 0. The number of para-hydroxylation sites is 2. The Bertz CT molecular complexity index is 755. The Kier molecular flexibility index (Phi) is 2.07. The monoisotopic (exact) mass is 282 g/mol. The minimum atomic E-state index is -0.280. The van der Waals surface area contributed by atoms with E-state index in [9.17, 15) is 0 Å². The van der Waals surface area contributed by atoms with Gasteiger partial charge < -0.3 is 5.73 Å². The molecule has 3 saturated heterocycles. The third-order valence-corrected chi connectivity index (χ3v) is 5.20. The molecule has 1 atom stereocenters. The topological polar surface area (TPSA) is 71.5 Å². The minimum Gasteiger partial charge on any atom is -0.370 e. The van der Waals surface area contributed by atoms with E-state index in [0.29, 0.717) is 11.9 Å². The quantitative estimate of drug-likeness (QED) is 0.760. The fraction of sp³-hybridized carbons (Fsp3) is 0.467. The molecule has 2 aromatic rings. The van der Waals surface area contributed by atoms with E-state index in [1.807, 2.05) is 12.1 Å². The van der Waals surface area contributed by atoms with E-state index in [1.54, 1.807) is 0 Å². The molecule has 1 aromatic heterocycles. The summed E-state index contributed by atoms with van der Waals surface area (Å²) in [5, 5.41) is 3.14. The van der Waals surface area contributed by atoms with Crippen LogP contribution in [0.5, 0.6) is 0 Å². The van der Waals surface area contributed by atoms with E-state index in [4.69, 9.17) is 15.7 Å². The zero-order chi connectivity index (χ0) is 14.0. The number of aromatic nitrogens is 2. The molecule has 0 aliphatic carbocycles. The molecule has 0 radical (unpaired) electrons. The van der Waals surface area contributed by atoms with Gasteiger partial charge in [-0.15, -0.1) is 0 Å². The average molecular weight is 282 g/mol. The number of nitrogens with one attached hydrogen (secondary N) is 1. The van der Waals surface area contributed by atoms with Crippen molar-refractivity contribution in [2.24, 2.45) is 16.6 Å². The van der Waals surface area contributed by atoms with Crippen molar-refractivity contribution in [3.8, 4) is 0 Å². The summed E-state index contributed by atoms with van der Waals surface area (Å²) in [6, 6.07) is 8.26. The fourth-order valence-corrected chi connectivity index (χ4v) is 4.29. The average Bonchev–Trinajstić information content (AvgIpc) is 2.86. The number of rotatable bonds is 0. The van der Waals surface area contributed by atoms with Gasteiger partial charge in [0.2, 0.25) is 5.95 Å². The fourth-order valence-electron chi connectivity index (χ4n) is 4.29. The van der Waals surface area contributed by atoms with Gasteiger partial charge in [0, 0.05) is 12.5 Å². The van der Waals surface area contributed by atoms with Gasteiger partial charge in [0.15, 0.2) is 11.6 Å². The Morgan fingerprint density at radius 1 is 1.24 bits per heavy atom. The number of guanidine groups is 1. The molecule has 6 nitrogen and oxygen atoms in total. The number of imidazole rings is 1. The highest BCUT2D eigenvalue weighted by molar-refractivity contribution is 5.95. The maximum absolute atomic E-state index is 6.08. The van der Waals surface area contributed by atoms with Crippen molar-refractivity contribution >= 4 is 22.9 Å². The Hall–Kier alpha value is -2.08. The molecule has 2 bridgehead atoms. The lowest BCUT2D eigenvalue weighted by atomic mass is 9.78. The van der Waals surface area contributed by atoms with E-state index >= 15 is 0 Å². The van der Waals surface area contributed by atoms with Gasteiger partial charge in [-0.3, -0.25) is 14.8 Å². The van der Waals surface area contributed by atoms with Crippen molar-refractivity contribution in [1.82, 2.24) is 14.5 Å². The van der Waals surface area contributed by atoms with E-state index in [-0.39, 0.29) is 5.66 Å². The first kappa shape index (κ1) is 11.6. The van der Waals surface area contributed by atoms with Crippen LogP contribution in [0, 0.1) is 5.92 Å². The van der Waals surface area contributed by atoms with Crippen molar-refractivity contribution in [2.45, 2.75) is 18.5 Å². The first-order chi connectivity index (χ1) is 10.3. The third-order valence-electron chi connectivity index (χ3n) is 5.20. The second kappa shape index (κ2) is 3.76. The maximum Gasteiger partial charge on any atom is 0.212 e. The summed E-state index contributed by atoms with van der Waals surface area (Å²) in [6.45, 7) is 3.29. The van der Waals surface area contributed by atoms with Crippen LogP contribution in [-0.2, 0) is 5.66 Å². The summed E-state index contributed by atoms with van der Waals surface area (Å²) in [4.78, 5) is 12.1. The number of hydrogen-bond acceptors (Lipinski definition) is 5. The molecular weight excluding hydrogens is 264 g/mol. The number of nitrogens with zero attached hydrogens (tertiary/aromatic N) is 4. The molecule has 5 heterocycles. The van der Waals surface area contributed by atoms with E-state index < -0.39 is 0 Å². The molecule has 4 aliphatic heterocycles. The molecule has 0 amide bonds. The maximum atomic E-state index is 6.08. The smallest absolute Gasteiger partial charge is 0.212 e. The van der Waals surface area contributed by atoms with Gasteiger partial charge in [0.1, 0.15) is 0 Å². The third kappa shape index (κ3) is 1.40. The lowest BCUT2D eigenvalue weighted by Crippen LogP contribution is -2.61. The Balaban J connectivity index is 1.81. The van der Waals surface area contributed by atoms with Crippen LogP contribution >= 0.6 is 0 Å². The zero-order valence-electron chi connectivity index (χ0n) is 11.8. The first-order valence-electron chi connectivity index (χ1n) is 7.59. The molecule has 0 saturated carbocycles. The van der Waals surface area contributed by atoms with Gasteiger partial charge in [-0.2, -0.15) is 0 Å². The predicted molar refractivity (Wildman–Crippen MR) is 82.1 cm³/mol. The number of anilines is 1. The van der Waals surface area contributed by atoms with Crippen LogP contribution in [-0.4, -0.2) is 40.0 Å². The minimum absolute atomic E-state index is 0.280. The van der Waals surface area contributed by atoms with E-state index in [2.05, 4.69) is 26.9 Å². The van der Waals surface area contributed by atoms with Crippen molar-refractivity contribution in [3.63, 3.8) is 0 Å². The molecule has 1 unspecified atom stereocenters. The number of aliphatic imine (C=N–C) groups is 1. The molecule has 108 valence electrons. The molecular formula is C15H18N6. The summed E-state index contributed by atoms with van der Waals surface area (Å²) in [6.07, 6.45) is 2.37. The van der Waals surface area contributed by atoms with Gasteiger partial charge in [-0.05, 0) is 38.1 Å². The second-order valence-corrected chi connectivity index (χ2v) is 6.31. The Morgan fingerprint density at radius 3 is 2.81 bits per heavy atom. The van der Waals surface area contributed by atoms with Crippen LogP contribution in [0.2, 0.25) is 0 Å². The van der Waals surface area contributed by atoms with Gasteiger partial charge in [0.05, 0.1) is 11.0 Å². The number of hydrogen-bond donors (Lipinski definition) is 2. The normalized spacial score (nSPS) is 33.8. The summed E-state index contributed by atoms with van der Waals surface area (Å²) >= 11 is 0. The van der Waals surface area contributed by atoms with Crippen LogP contribution < -0.4 is 11.1 Å². The van der Waals surface area contributed by atoms with Crippen LogP contribution in [0.1, 0.15) is 12.8 Å². The Labute approximate surface area is 122 Å². The lowest BCUT2D eigenvalue weighted by molar-refractivity contribution is -0.0116. The number of fused-ring (bicyclic) bond motifs is 5. The highest BCUT2D eigenvalue weighted by Gasteiger charge is 2.51.